The van der Waals surface area contributed by atoms with Crippen molar-refractivity contribution < 1.29 is 9.90 Å². The number of phenolic OH excluding ortho intramolecular Hbond substituents is 1. The highest BCUT2D eigenvalue weighted by Gasteiger charge is 2.37. The van der Waals surface area contributed by atoms with Crippen molar-refractivity contribution in [1.29, 1.82) is 0 Å². The molecule has 166 valence electrons. The number of benzene rings is 2. The van der Waals surface area contributed by atoms with Crippen molar-refractivity contribution in [2.75, 3.05) is 6.54 Å². The summed E-state index contributed by atoms with van der Waals surface area (Å²) in [5.41, 5.74) is 2.30. The predicted octanol–water partition coefficient (Wildman–Crippen LogP) is 5.38. The molecule has 31 heavy (non-hydrogen) atoms. The van der Waals surface area contributed by atoms with Gasteiger partial charge in [-0.3, -0.25) is 9.69 Å². The van der Waals surface area contributed by atoms with Crippen molar-refractivity contribution in [2.45, 2.75) is 64.7 Å². The van der Waals surface area contributed by atoms with E-state index in [0.29, 0.717) is 18.5 Å². The molecule has 0 saturated carbocycles. The molecular weight excluding hydrogens is 384 g/mol. The average molecular weight is 421 g/mol. The molecule has 1 aliphatic rings. The lowest BCUT2D eigenvalue weighted by atomic mass is 9.97. The summed E-state index contributed by atoms with van der Waals surface area (Å²) in [7, 11) is 0. The third-order valence-corrected chi connectivity index (χ3v) is 6.11. The van der Waals surface area contributed by atoms with Crippen LogP contribution in [0.15, 0.2) is 67.3 Å². The van der Waals surface area contributed by atoms with E-state index < -0.39 is 0 Å². The maximum absolute atomic E-state index is 13.8. The van der Waals surface area contributed by atoms with E-state index in [0.717, 1.165) is 44.3 Å². The lowest BCUT2D eigenvalue weighted by molar-refractivity contribution is -0.137. The Morgan fingerprint density at radius 1 is 1.06 bits per heavy atom. The SMILES string of the molecule is C=CCC[C@@H]1CCN(Cc2ccc(O)cc2)C(=O)[C@H](CC(C)C)N1Cc1ccccc1. The molecule has 2 aromatic rings. The molecule has 1 aliphatic heterocycles. The standard InChI is InChI=1S/C27H36N2O2/c1-4-5-11-24-16-17-28(19-23-12-14-25(30)15-13-23)27(31)26(18-21(2)3)29(24)20-22-9-7-6-8-10-22/h4,6-10,12-15,21,24,26,30H,1,5,11,16-20H2,2-3H3/t24-,26+/m1/s1. The van der Waals surface area contributed by atoms with Crippen LogP contribution in [0.4, 0.5) is 0 Å². The van der Waals surface area contributed by atoms with E-state index in [1.54, 1.807) is 12.1 Å². The Hall–Kier alpha value is -2.59. The Morgan fingerprint density at radius 2 is 1.74 bits per heavy atom. The van der Waals surface area contributed by atoms with Crippen molar-refractivity contribution >= 4 is 5.91 Å². The van der Waals surface area contributed by atoms with Gasteiger partial charge in [0.15, 0.2) is 0 Å². The maximum atomic E-state index is 13.8. The summed E-state index contributed by atoms with van der Waals surface area (Å²) < 4.78 is 0. The predicted molar refractivity (Wildman–Crippen MR) is 127 cm³/mol. The lowest BCUT2D eigenvalue weighted by Gasteiger charge is -2.36. The number of hydrogen-bond acceptors (Lipinski definition) is 3. The molecule has 0 aliphatic carbocycles. The maximum Gasteiger partial charge on any atom is 0.240 e. The largest absolute Gasteiger partial charge is 0.508 e. The van der Waals surface area contributed by atoms with Crippen LogP contribution < -0.4 is 0 Å². The molecule has 0 bridgehead atoms. The summed E-state index contributed by atoms with van der Waals surface area (Å²) in [6.07, 6.45) is 5.77. The quantitative estimate of drug-likeness (QED) is 0.554. The molecule has 2 aromatic carbocycles. The van der Waals surface area contributed by atoms with E-state index in [-0.39, 0.29) is 17.7 Å². The summed E-state index contributed by atoms with van der Waals surface area (Å²) in [6.45, 7) is 10.4. The lowest BCUT2D eigenvalue weighted by Crippen LogP contribution is -2.48. The van der Waals surface area contributed by atoms with Crippen LogP contribution in [0.1, 0.15) is 50.7 Å². The zero-order valence-electron chi connectivity index (χ0n) is 18.9. The molecule has 4 nitrogen and oxygen atoms in total. The van der Waals surface area contributed by atoms with Gasteiger partial charge in [-0.25, -0.2) is 0 Å². The van der Waals surface area contributed by atoms with Gasteiger partial charge >= 0.3 is 0 Å². The molecule has 0 radical (unpaired) electrons. The van der Waals surface area contributed by atoms with Crippen molar-refractivity contribution in [1.82, 2.24) is 9.80 Å². The molecule has 1 amide bonds. The molecule has 1 heterocycles. The van der Waals surface area contributed by atoms with Gasteiger partial charge in [-0.15, -0.1) is 6.58 Å². The highest BCUT2D eigenvalue weighted by Crippen LogP contribution is 2.28. The van der Waals surface area contributed by atoms with Crippen LogP contribution in [-0.4, -0.2) is 39.4 Å². The number of aromatic hydroxyl groups is 1. The second-order valence-electron chi connectivity index (χ2n) is 9.04. The number of rotatable bonds is 9. The zero-order valence-corrected chi connectivity index (χ0v) is 18.9. The topological polar surface area (TPSA) is 43.8 Å². The van der Waals surface area contributed by atoms with E-state index in [1.807, 2.05) is 29.2 Å². The number of hydrogen-bond donors (Lipinski definition) is 1. The number of amides is 1. The van der Waals surface area contributed by atoms with Gasteiger partial charge in [0, 0.05) is 25.7 Å². The minimum atomic E-state index is -0.130. The Morgan fingerprint density at radius 3 is 2.39 bits per heavy atom. The molecule has 1 fully saturated rings. The zero-order chi connectivity index (χ0) is 22.2. The monoisotopic (exact) mass is 420 g/mol. The normalized spacial score (nSPS) is 20.1. The third-order valence-electron chi connectivity index (χ3n) is 6.11. The Kier molecular flexibility index (Phi) is 8.30. The Bertz CT molecular complexity index is 832. The van der Waals surface area contributed by atoms with E-state index in [4.69, 9.17) is 0 Å². The van der Waals surface area contributed by atoms with Crippen LogP contribution in [0.3, 0.4) is 0 Å². The van der Waals surface area contributed by atoms with Crippen LogP contribution in [-0.2, 0) is 17.9 Å². The second kappa shape index (κ2) is 11.1. The number of nitrogens with zero attached hydrogens (tertiary/aromatic N) is 2. The van der Waals surface area contributed by atoms with E-state index >= 15 is 0 Å². The van der Waals surface area contributed by atoms with E-state index in [2.05, 4.69) is 49.6 Å². The summed E-state index contributed by atoms with van der Waals surface area (Å²) in [5.74, 6) is 0.905. The summed E-state index contributed by atoms with van der Waals surface area (Å²) >= 11 is 0. The van der Waals surface area contributed by atoms with Crippen LogP contribution >= 0.6 is 0 Å². The smallest absolute Gasteiger partial charge is 0.240 e. The molecule has 0 spiro atoms. The molecule has 3 rings (SSSR count). The minimum Gasteiger partial charge on any atom is -0.508 e. The van der Waals surface area contributed by atoms with Gasteiger partial charge in [-0.1, -0.05) is 62.4 Å². The number of carbonyl (C=O) groups is 1. The van der Waals surface area contributed by atoms with Gasteiger partial charge < -0.3 is 10.0 Å². The van der Waals surface area contributed by atoms with Crippen LogP contribution in [0.25, 0.3) is 0 Å². The van der Waals surface area contributed by atoms with Gasteiger partial charge in [0.1, 0.15) is 5.75 Å². The first-order valence-electron chi connectivity index (χ1n) is 11.4. The molecule has 4 heteroatoms. The number of carbonyl (C=O) groups excluding carboxylic acids is 1. The summed E-state index contributed by atoms with van der Waals surface area (Å²) in [4.78, 5) is 18.3. The van der Waals surface area contributed by atoms with Gasteiger partial charge in [-0.05, 0) is 54.9 Å². The van der Waals surface area contributed by atoms with Crippen molar-refractivity contribution in [2.24, 2.45) is 5.92 Å². The minimum absolute atomic E-state index is 0.130. The van der Waals surface area contributed by atoms with Crippen molar-refractivity contribution in [3.05, 3.63) is 78.4 Å². The highest BCUT2D eigenvalue weighted by molar-refractivity contribution is 5.82. The fourth-order valence-corrected chi connectivity index (χ4v) is 4.50. The van der Waals surface area contributed by atoms with E-state index in [1.165, 1.54) is 5.56 Å². The molecule has 0 aromatic heterocycles. The van der Waals surface area contributed by atoms with Gasteiger partial charge in [0.2, 0.25) is 5.91 Å². The molecule has 1 saturated heterocycles. The van der Waals surface area contributed by atoms with Crippen LogP contribution in [0, 0.1) is 5.92 Å². The molecule has 1 N–H and O–H groups in total. The highest BCUT2D eigenvalue weighted by atomic mass is 16.3. The first kappa shape index (κ1) is 23.1. The summed E-state index contributed by atoms with van der Waals surface area (Å²) in [6, 6.07) is 17.9. The molecular formula is C27H36N2O2. The fourth-order valence-electron chi connectivity index (χ4n) is 4.50. The first-order valence-corrected chi connectivity index (χ1v) is 11.4. The van der Waals surface area contributed by atoms with Gasteiger partial charge in [-0.2, -0.15) is 0 Å². The first-order chi connectivity index (χ1) is 15.0. The van der Waals surface area contributed by atoms with Crippen molar-refractivity contribution in [3.63, 3.8) is 0 Å². The van der Waals surface area contributed by atoms with Gasteiger partial charge in [0.05, 0.1) is 6.04 Å². The van der Waals surface area contributed by atoms with Gasteiger partial charge in [0.25, 0.3) is 0 Å². The summed E-state index contributed by atoms with van der Waals surface area (Å²) in [5, 5.41) is 9.60. The van der Waals surface area contributed by atoms with Crippen LogP contribution in [0.2, 0.25) is 0 Å². The van der Waals surface area contributed by atoms with E-state index in [9.17, 15) is 9.90 Å². The average Bonchev–Trinajstić information content (AvgIpc) is 2.87. The fraction of sp³-hybridized carbons (Fsp3) is 0.444. The third kappa shape index (κ3) is 6.44. The Labute approximate surface area is 187 Å². The van der Waals surface area contributed by atoms with Crippen LogP contribution in [0.5, 0.6) is 5.75 Å². The second-order valence-corrected chi connectivity index (χ2v) is 9.04. The van der Waals surface area contributed by atoms with Crippen molar-refractivity contribution in [3.8, 4) is 5.75 Å². The number of phenols is 1. The molecule has 2 atom stereocenters. The molecule has 0 unspecified atom stereocenters. The number of allylic oxidation sites excluding steroid dienone is 1. The Balaban J connectivity index is 1.89.